The van der Waals surface area contributed by atoms with Crippen molar-refractivity contribution in [3.05, 3.63) is 133 Å². The molecule has 0 amide bonds. The van der Waals surface area contributed by atoms with Crippen LogP contribution in [0, 0.1) is 0 Å². The highest BCUT2D eigenvalue weighted by atomic mass is 15.1. The van der Waals surface area contributed by atoms with Crippen molar-refractivity contribution in [1.82, 2.24) is 13.7 Å². The molecular weight excluding hydrogens is 546 g/mol. The molecule has 0 unspecified atom stereocenters. The smallest absolute Gasteiger partial charge is 0.0789 e. The van der Waals surface area contributed by atoms with Crippen LogP contribution in [-0.2, 0) is 0 Å². The predicted molar refractivity (Wildman–Crippen MR) is 190 cm³/mol. The van der Waals surface area contributed by atoms with E-state index in [2.05, 4.69) is 147 Å². The number of aromatic nitrogens is 3. The van der Waals surface area contributed by atoms with Crippen molar-refractivity contribution in [1.29, 1.82) is 0 Å². The van der Waals surface area contributed by atoms with Crippen molar-refractivity contribution in [3.8, 4) is 11.4 Å². The first-order valence-electron chi connectivity index (χ1n) is 16.4. The van der Waals surface area contributed by atoms with Crippen molar-refractivity contribution >= 4 is 65.4 Å². The molecule has 1 fully saturated rings. The molecule has 0 aliphatic heterocycles. The van der Waals surface area contributed by atoms with Crippen LogP contribution in [0.1, 0.15) is 38.1 Å². The van der Waals surface area contributed by atoms with E-state index in [0.29, 0.717) is 6.04 Å². The standard InChI is InChI=1S/C42H33N3/c1-3-14-28(15-4-1)43-37-23-12-9-20-34(37)40-38(43)24-13-25-39(40)45-36-22-11-8-19-31(36)33-27-26-32-30-18-7-10-21-35(30)44(41(32)42(33)45)29-16-5-2-6-17-29/h2,5-13,16-28H,1,3-4,14-15H2. The van der Waals surface area contributed by atoms with Crippen molar-refractivity contribution in [3.63, 3.8) is 0 Å². The van der Waals surface area contributed by atoms with E-state index in [-0.39, 0.29) is 0 Å². The van der Waals surface area contributed by atoms with E-state index < -0.39 is 0 Å². The second-order valence-corrected chi connectivity index (χ2v) is 12.7. The Balaban J connectivity index is 1.42. The van der Waals surface area contributed by atoms with Crippen LogP contribution in [0.25, 0.3) is 76.8 Å². The average Bonchev–Trinajstić information content (AvgIpc) is 3.75. The van der Waals surface area contributed by atoms with Gasteiger partial charge in [-0.15, -0.1) is 0 Å². The summed E-state index contributed by atoms with van der Waals surface area (Å²) in [6, 6.07) is 50.0. The number of para-hydroxylation sites is 4. The Kier molecular flexibility index (Phi) is 5.36. The fourth-order valence-corrected chi connectivity index (χ4v) is 8.55. The first-order chi connectivity index (χ1) is 22.4. The molecule has 3 nitrogen and oxygen atoms in total. The summed E-state index contributed by atoms with van der Waals surface area (Å²) in [6.45, 7) is 0. The normalized spacial score (nSPS) is 14.6. The zero-order valence-corrected chi connectivity index (χ0v) is 25.2. The topological polar surface area (TPSA) is 14.8 Å². The molecule has 0 atom stereocenters. The molecule has 0 N–H and O–H groups in total. The Hall–Kier alpha value is -5.28. The van der Waals surface area contributed by atoms with Gasteiger partial charge in [0.15, 0.2) is 0 Å². The van der Waals surface area contributed by atoms with Gasteiger partial charge in [-0.1, -0.05) is 110 Å². The van der Waals surface area contributed by atoms with Gasteiger partial charge in [0.2, 0.25) is 0 Å². The maximum atomic E-state index is 2.68. The second kappa shape index (κ2) is 9.61. The largest absolute Gasteiger partial charge is 0.337 e. The number of fused-ring (bicyclic) bond motifs is 10. The molecule has 0 spiro atoms. The minimum absolute atomic E-state index is 0.543. The summed E-state index contributed by atoms with van der Waals surface area (Å²) >= 11 is 0. The second-order valence-electron chi connectivity index (χ2n) is 12.7. The number of nitrogens with zero attached hydrogens (tertiary/aromatic N) is 3. The van der Waals surface area contributed by atoms with Crippen LogP contribution in [-0.4, -0.2) is 13.7 Å². The lowest BCUT2D eigenvalue weighted by Crippen LogP contribution is -2.12. The molecule has 1 aliphatic rings. The van der Waals surface area contributed by atoms with Crippen LogP contribution in [0.4, 0.5) is 0 Å². The number of benzene rings is 6. The number of hydrogen-bond donors (Lipinski definition) is 0. The summed E-state index contributed by atoms with van der Waals surface area (Å²) in [5.74, 6) is 0. The molecule has 3 aromatic heterocycles. The maximum Gasteiger partial charge on any atom is 0.0789 e. The zero-order chi connectivity index (χ0) is 29.5. The third-order valence-electron chi connectivity index (χ3n) is 10.4. The summed E-state index contributed by atoms with van der Waals surface area (Å²) in [4.78, 5) is 0. The summed E-state index contributed by atoms with van der Waals surface area (Å²) < 4.78 is 7.73. The van der Waals surface area contributed by atoms with Crippen LogP contribution < -0.4 is 0 Å². The minimum Gasteiger partial charge on any atom is -0.337 e. The Morgan fingerprint density at radius 1 is 0.400 bits per heavy atom. The van der Waals surface area contributed by atoms with Gasteiger partial charge in [-0.2, -0.15) is 0 Å². The van der Waals surface area contributed by atoms with Gasteiger partial charge in [0.05, 0.1) is 33.3 Å². The summed E-state index contributed by atoms with van der Waals surface area (Å²) in [5.41, 5.74) is 10.1. The number of rotatable bonds is 3. The first-order valence-corrected chi connectivity index (χ1v) is 16.4. The van der Waals surface area contributed by atoms with Crippen LogP contribution in [0.3, 0.4) is 0 Å². The molecule has 3 heteroatoms. The highest BCUT2D eigenvalue weighted by Crippen LogP contribution is 2.45. The molecule has 10 rings (SSSR count). The van der Waals surface area contributed by atoms with Crippen LogP contribution in [0.15, 0.2) is 133 Å². The van der Waals surface area contributed by atoms with E-state index in [9.17, 15) is 0 Å². The van der Waals surface area contributed by atoms with Crippen LogP contribution in [0.2, 0.25) is 0 Å². The molecule has 216 valence electrons. The van der Waals surface area contributed by atoms with E-state index >= 15 is 0 Å². The SMILES string of the molecule is c1ccc(-n2c3ccccc3c3ccc4c5ccccc5n(-c5cccc6c5c5ccccc5n6C5CCCCC5)c4c32)cc1. The molecule has 0 radical (unpaired) electrons. The van der Waals surface area contributed by atoms with E-state index in [4.69, 9.17) is 0 Å². The molecular formula is C42H33N3. The highest BCUT2D eigenvalue weighted by Gasteiger charge is 2.25. The molecule has 6 aromatic carbocycles. The Labute approximate surface area is 261 Å². The Bertz CT molecular complexity index is 2570. The van der Waals surface area contributed by atoms with Gasteiger partial charge in [-0.25, -0.2) is 0 Å². The van der Waals surface area contributed by atoms with E-state index in [1.165, 1.54) is 109 Å². The molecule has 0 bridgehead atoms. The average molecular weight is 580 g/mol. The minimum atomic E-state index is 0.543. The van der Waals surface area contributed by atoms with Crippen molar-refractivity contribution < 1.29 is 0 Å². The van der Waals surface area contributed by atoms with Gasteiger partial charge in [0.1, 0.15) is 0 Å². The molecule has 0 saturated heterocycles. The Morgan fingerprint density at radius 2 is 0.956 bits per heavy atom. The zero-order valence-electron chi connectivity index (χ0n) is 25.2. The third kappa shape index (κ3) is 3.47. The van der Waals surface area contributed by atoms with Crippen molar-refractivity contribution in [2.45, 2.75) is 38.1 Å². The van der Waals surface area contributed by atoms with E-state index in [0.717, 1.165) is 0 Å². The molecule has 3 heterocycles. The lowest BCUT2D eigenvalue weighted by Gasteiger charge is -2.25. The highest BCUT2D eigenvalue weighted by molar-refractivity contribution is 6.25. The van der Waals surface area contributed by atoms with Gasteiger partial charge < -0.3 is 13.7 Å². The Morgan fingerprint density at radius 3 is 1.67 bits per heavy atom. The van der Waals surface area contributed by atoms with Crippen LogP contribution in [0.5, 0.6) is 0 Å². The van der Waals surface area contributed by atoms with Gasteiger partial charge >= 0.3 is 0 Å². The lowest BCUT2D eigenvalue weighted by atomic mass is 9.95. The van der Waals surface area contributed by atoms with Gasteiger partial charge in [-0.05, 0) is 55.3 Å². The summed E-state index contributed by atoms with van der Waals surface area (Å²) in [6.07, 6.45) is 6.49. The monoisotopic (exact) mass is 579 g/mol. The molecule has 9 aromatic rings. The molecule has 1 saturated carbocycles. The first kappa shape index (κ1) is 25.1. The van der Waals surface area contributed by atoms with Crippen molar-refractivity contribution in [2.24, 2.45) is 0 Å². The summed E-state index contributed by atoms with van der Waals surface area (Å²) in [5, 5.41) is 7.82. The lowest BCUT2D eigenvalue weighted by molar-refractivity contribution is 0.367. The quantitative estimate of drug-likeness (QED) is 0.198. The maximum absolute atomic E-state index is 2.68. The van der Waals surface area contributed by atoms with E-state index in [1.54, 1.807) is 0 Å². The third-order valence-corrected chi connectivity index (χ3v) is 10.4. The van der Waals surface area contributed by atoms with Gasteiger partial charge in [-0.3, -0.25) is 0 Å². The van der Waals surface area contributed by atoms with Crippen LogP contribution >= 0.6 is 0 Å². The van der Waals surface area contributed by atoms with E-state index in [1.807, 2.05) is 0 Å². The fourth-order valence-electron chi connectivity index (χ4n) is 8.55. The predicted octanol–water partition coefficient (Wildman–Crippen LogP) is 11.5. The summed E-state index contributed by atoms with van der Waals surface area (Å²) in [7, 11) is 0. The van der Waals surface area contributed by atoms with Crippen molar-refractivity contribution in [2.75, 3.05) is 0 Å². The molecule has 45 heavy (non-hydrogen) atoms. The molecule has 1 aliphatic carbocycles. The van der Waals surface area contributed by atoms with Gasteiger partial charge in [0.25, 0.3) is 0 Å². The fraction of sp³-hybridized carbons (Fsp3) is 0.143. The van der Waals surface area contributed by atoms with Gasteiger partial charge in [0, 0.05) is 49.6 Å². The number of hydrogen-bond acceptors (Lipinski definition) is 0.